The summed E-state index contributed by atoms with van der Waals surface area (Å²) in [5.74, 6) is 1.35. The first-order chi connectivity index (χ1) is 8.02. The molecule has 17 heavy (non-hydrogen) atoms. The number of H-pyrrole nitrogens is 1. The van der Waals surface area contributed by atoms with Crippen molar-refractivity contribution in [3.05, 3.63) is 32.6 Å². The van der Waals surface area contributed by atoms with E-state index in [-0.39, 0.29) is 0 Å². The van der Waals surface area contributed by atoms with Crippen LogP contribution in [0.5, 0.6) is 5.75 Å². The van der Waals surface area contributed by atoms with E-state index in [1.54, 1.807) is 19.2 Å². The van der Waals surface area contributed by atoms with Crippen molar-refractivity contribution in [1.29, 1.82) is 0 Å². The molecule has 0 fully saturated rings. The minimum Gasteiger partial charge on any atom is -0.495 e. The molecule has 1 heterocycles. The lowest BCUT2D eigenvalue weighted by atomic mass is 10.1. The molecule has 1 N–H and O–H groups in total. The first-order valence-corrected chi connectivity index (χ1v) is 6.33. The smallest absolute Gasteiger partial charge is 0.138 e. The van der Waals surface area contributed by atoms with Gasteiger partial charge in [0.1, 0.15) is 21.9 Å². The van der Waals surface area contributed by atoms with Crippen LogP contribution in [-0.2, 0) is 0 Å². The van der Waals surface area contributed by atoms with Gasteiger partial charge in [0.25, 0.3) is 0 Å². The number of halogens is 3. The molecular weight excluding hydrogens is 327 g/mol. The number of nitrogens with zero attached hydrogens (tertiary/aromatic N) is 1. The van der Waals surface area contributed by atoms with Crippen molar-refractivity contribution in [1.82, 2.24) is 9.97 Å². The summed E-state index contributed by atoms with van der Waals surface area (Å²) in [7, 11) is 1.55. The monoisotopic (exact) mass is 334 g/mol. The fraction of sp³-hybridized carbons (Fsp3) is 0.182. The Hall–Kier alpha value is -0.710. The number of aromatic nitrogens is 2. The summed E-state index contributed by atoms with van der Waals surface area (Å²) in [5, 5.41) is 1.04. The van der Waals surface area contributed by atoms with Gasteiger partial charge in [-0.05, 0) is 28.9 Å². The zero-order chi connectivity index (χ0) is 12.6. The molecule has 0 aliphatic heterocycles. The Morgan fingerprint density at radius 1 is 1.29 bits per heavy atom. The zero-order valence-electron chi connectivity index (χ0n) is 9.14. The van der Waals surface area contributed by atoms with Crippen LogP contribution in [0.4, 0.5) is 0 Å². The molecule has 0 aliphatic rings. The molecule has 0 saturated carbocycles. The van der Waals surface area contributed by atoms with Crippen LogP contribution in [0, 0.1) is 6.92 Å². The number of rotatable bonds is 2. The second-order valence-corrected chi connectivity index (χ2v) is 5.06. The van der Waals surface area contributed by atoms with E-state index in [9.17, 15) is 0 Å². The van der Waals surface area contributed by atoms with Crippen LogP contribution >= 0.6 is 39.1 Å². The third-order valence-electron chi connectivity index (χ3n) is 2.27. The lowest BCUT2D eigenvalue weighted by molar-refractivity contribution is 0.415. The quantitative estimate of drug-likeness (QED) is 0.879. The minimum absolute atomic E-state index is 0.499. The van der Waals surface area contributed by atoms with Crippen LogP contribution in [-0.4, -0.2) is 17.1 Å². The highest BCUT2D eigenvalue weighted by Gasteiger charge is 2.14. The van der Waals surface area contributed by atoms with E-state index in [0.29, 0.717) is 15.8 Å². The van der Waals surface area contributed by atoms with E-state index in [4.69, 9.17) is 27.9 Å². The molecule has 0 unspecified atom stereocenters. The second kappa shape index (κ2) is 4.88. The van der Waals surface area contributed by atoms with E-state index in [1.165, 1.54) is 0 Å². The van der Waals surface area contributed by atoms with Gasteiger partial charge in [-0.3, -0.25) is 0 Å². The van der Waals surface area contributed by atoms with Gasteiger partial charge in [-0.2, -0.15) is 0 Å². The number of benzene rings is 1. The molecule has 0 spiro atoms. The van der Waals surface area contributed by atoms with Gasteiger partial charge in [-0.15, -0.1) is 0 Å². The van der Waals surface area contributed by atoms with E-state index in [1.807, 2.05) is 6.92 Å². The van der Waals surface area contributed by atoms with Crippen molar-refractivity contribution < 1.29 is 4.74 Å². The predicted octanol–water partition coefficient (Wildman–Crippen LogP) is 4.46. The lowest BCUT2D eigenvalue weighted by Gasteiger charge is -2.07. The number of aromatic amines is 1. The van der Waals surface area contributed by atoms with Crippen molar-refractivity contribution in [2.45, 2.75) is 6.92 Å². The number of hydrogen-bond acceptors (Lipinski definition) is 2. The fourth-order valence-electron chi connectivity index (χ4n) is 1.51. The molecule has 1 aromatic heterocycles. The average Bonchev–Trinajstić information content (AvgIpc) is 2.60. The predicted molar refractivity (Wildman–Crippen MR) is 73.0 cm³/mol. The summed E-state index contributed by atoms with van der Waals surface area (Å²) >= 11 is 15.7. The van der Waals surface area contributed by atoms with Crippen molar-refractivity contribution in [2.75, 3.05) is 7.11 Å². The maximum absolute atomic E-state index is 6.18. The van der Waals surface area contributed by atoms with Gasteiger partial charge in [0, 0.05) is 11.6 Å². The number of imidazole rings is 1. The van der Waals surface area contributed by atoms with E-state index in [2.05, 4.69) is 25.9 Å². The van der Waals surface area contributed by atoms with Gasteiger partial charge in [0.05, 0.1) is 17.2 Å². The summed E-state index contributed by atoms with van der Waals surface area (Å²) in [5.41, 5.74) is 1.49. The summed E-state index contributed by atoms with van der Waals surface area (Å²) in [6, 6.07) is 3.42. The van der Waals surface area contributed by atoms with Gasteiger partial charge in [-0.25, -0.2) is 4.98 Å². The largest absolute Gasteiger partial charge is 0.495 e. The van der Waals surface area contributed by atoms with Gasteiger partial charge < -0.3 is 9.72 Å². The van der Waals surface area contributed by atoms with Crippen molar-refractivity contribution in [3.8, 4) is 17.0 Å². The molecule has 2 aromatic rings. The summed E-state index contributed by atoms with van der Waals surface area (Å²) in [6.45, 7) is 1.87. The van der Waals surface area contributed by atoms with Crippen LogP contribution in [0.2, 0.25) is 10.0 Å². The maximum Gasteiger partial charge on any atom is 0.138 e. The van der Waals surface area contributed by atoms with E-state index in [0.717, 1.165) is 21.7 Å². The number of ether oxygens (including phenoxy) is 1. The first kappa shape index (κ1) is 12.7. The van der Waals surface area contributed by atoms with Gasteiger partial charge in [0.2, 0.25) is 0 Å². The minimum atomic E-state index is 0.499. The van der Waals surface area contributed by atoms with E-state index >= 15 is 0 Å². The summed E-state index contributed by atoms with van der Waals surface area (Å²) in [6.07, 6.45) is 0. The SMILES string of the molecule is COc1cc(Cl)c(-c2nc(C)[nH]c2Br)cc1Cl. The van der Waals surface area contributed by atoms with Gasteiger partial charge >= 0.3 is 0 Å². The highest BCUT2D eigenvalue weighted by Crippen LogP contribution is 2.38. The van der Waals surface area contributed by atoms with Crippen molar-refractivity contribution >= 4 is 39.1 Å². The molecule has 0 aliphatic carbocycles. The second-order valence-electron chi connectivity index (χ2n) is 3.45. The Labute approximate surface area is 117 Å². The van der Waals surface area contributed by atoms with Gasteiger partial charge in [-0.1, -0.05) is 23.2 Å². The molecule has 3 nitrogen and oxygen atoms in total. The maximum atomic E-state index is 6.18. The molecule has 90 valence electrons. The van der Waals surface area contributed by atoms with Crippen LogP contribution in [0.3, 0.4) is 0 Å². The molecule has 0 amide bonds. The summed E-state index contributed by atoms with van der Waals surface area (Å²) < 4.78 is 5.87. The fourth-order valence-corrected chi connectivity index (χ4v) is 2.58. The molecule has 0 saturated heterocycles. The number of hydrogen-bond donors (Lipinski definition) is 1. The number of nitrogens with one attached hydrogen (secondary N) is 1. The third kappa shape index (κ3) is 2.44. The Morgan fingerprint density at radius 3 is 2.53 bits per heavy atom. The average molecular weight is 336 g/mol. The Bertz CT molecular complexity index is 569. The van der Waals surface area contributed by atoms with Crippen LogP contribution in [0.25, 0.3) is 11.3 Å². The molecule has 0 atom stereocenters. The van der Waals surface area contributed by atoms with E-state index < -0.39 is 0 Å². The lowest BCUT2D eigenvalue weighted by Crippen LogP contribution is -1.87. The molecule has 0 bridgehead atoms. The van der Waals surface area contributed by atoms with Crippen molar-refractivity contribution in [3.63, 3.8) is 0 Å². The standard InChI is InChI=1S/C11H9BrCl2N2O/c1-5-15-10(11(12)16-5)6-3-8(14)9(17-2)4-7(6)13/h3-4H,1-2H3,(H,15,16). The molecule has 6 heteroatoms. The third-order valence-corrected chi connectivity index (χ3v) is 3.46. The van der Waals surface area contributed by atoms with Crippen molar-refractivity contribution in [2.24, 2.45) is 0 Å². The summed E-state index contributed by atoms with van der Waals surface area (Å²) in [4.78, 5) is 7.41. The molecule has 2 rings (SSSR count). The highest BCUT2D eigenvalue weighted by atomic mass is 79.9. The Kier molecular flexibility index (Phi) is 3.66. The Morgan fingerprint density at radius 2 is 2.00 bits per heavy atom. The van der Waals surface area contributed by atoms with Crippen LogP contribution in [0.15, 0.2) is 16.7 Å². The first-order valence-electron chi connectivity index (χ1n) is 4.78. The molecule has 1 aromatic carbocycles. The van der Waals surface area contributed by atoms with Crippen LogP contribution < -0.4 is 4.74 Å². The normalized spacial score (nSPS) is 10.6. The number of methoxy groups -OCH3 is 1. The Balaban J connectivity index is 2.60. The zero-order valence-corrected chi connectivity index (χ0v) is 12.2. The van der Waals surface area contributed by atoms with Crippen LogP contribution in [0.1, 0.15) is 5.82 Å². The topological polar surface area (TPSA) is 37.9 Å². The molecular formula is C11H9BrCl2N2O. The molecule has 0 radical (unpaired) electrons. The van der Waals surface area contributed by atoms with Gasteiger partial charge in [0.15, 0.2) is 0 Å². The number of aryl methyl sites for hydroxylation is 1. The highest BCUT2D eigenvalue weighted by molar-refractivity contribution is 9.10.